The average molecular weight is 291 g/mol. The Morgan fingerprint density at radius 1 is 1.29 bits per heavy atom. The third kappa shape index (κ3) is 4.45. The van der Waals surface area contributed by atoms with Crippen molar-refractivity contribution in [3.05, 3.63) is 29.8 Å². The molecule has 3 heteroatoms. The molecule has 0 saturated carbocycles. The monoisotopic (exact) mass is 291 g/mol. The van der Waals surface area contributed by atoms with Crippen LogP contribution in [0.5, 0.6) is 5.75 Å². The second kappa shape index (κ2) is 8.40. The van der Waals surface area contributed by atoms with Crippen molar-refractivity contribution in [1.82, 2.24) is 5.32 Å². The highest BCUT2D eigenvalue weighted by Gasteiger charge is 2.33. The fourth-order valence-electron chi connectivity index (χ4n) is 3.27. The van der Waals surface area contributed by atoms with Gasteiger partial charge in [0.1, 0.15) is 5.75 Å². The summed E-state index contributed by atoms with van der Waals surface area (Å²) in [6.07, 6.45) is 4.93. The van der Waals surface area contributed by atoms with E-state index in [4.69, 9.17) is 9.47 Å². The molecule has 118 valence electrons. The van der Waals surface area contributed by atoms with E-state index in [9.17, 15) is 0 Å². The Labute approximate surface area is 129 Å². The summed E-state index contributed by atoms with van der Waals surface area (Å²) >= 11 is 0. The minimum atomic E-state index is 0.414. The van der Waals surface area contributed by atoms with Gasteiger partial charge in [-0.25, -0.2) is 0 Å². The van der Waals surface area contributed by atoms with Crippen LogP contribution in [0.3, 0.4) is 0 Å². The second-order valence-electron chi connectivity index (χ2n) is 5.88. The quantitative estimate of drug-likeness (QED) is 0.796. The summed E-state index contributed by atoms with van der Waals surface area (Å²) < 4.78 is 11.1. The van der Waals surface area contributed by atoms with Crippen molar-refractivity contribution in [2.24, 2.45) is 5.92 Å². The molecule has 1 aromatic rings. The van der Waals surface area contributed by atoms with Gasteiger partial charge in [-0.3, -0.25) is 0 Å². The van der Waals surface area contributed by atoms with E-state index in [2.05, 4.69) is 43.4 Å². The summed E-state index contributed by atoms with van der Waals surface area (Å²) in [6, 6.07) is 8.96. The summed E-state index contributed by atoms with van der Waals surface area (Å²) in [5.74, 6) is 1.55. The van der Waals surface area contributed by atoms with Gasteiger partial charge in [-0.15, -0.1) is 0 Å². The lowest BCUT2D eigenvalue weighted by atomic mass is 9.87. The Kier molecular flexibility index (Phi) is 6.52. The van der Waals surface area contributed by atoms with Gasteiger partial charge < -0.3 is 14.8 Å². The van der Waals surface area contributed by atoms with Gasteiger partial charge in [-0.05, 0) is 49.9 Å². The maximum absolute atomic E-state index is 5.89. The third-order valence-electron chi connectivity index (χ3n) is 4.45. The van der Waals surface area contributed by atoms with Crippen molar-refractivity contribution in [3.63, 3.8) is 0 Å². The van der Waals surface area contributed by atoms with Crippen LogP contribution < -0.4 is 10.1 Å². The highest BCUT2D eigenvalue weighted by atomic mass is 16.5. The molecule has 0 aromatic heterocycles. The first-order valence-corrected chi connectivity index (χ1v) is 8.26. The van der Waals surface area contributed by atoms with Crippen molar-refractivity contribution < 1.29 is 9.47 Å². The first-order chi connectivity index (χ1) is 10.3. The van der Waals surface area contributed by atoms with Gasteiger partial charge in [0.2, 0.25) is 0 Å². The second-order valence-corrected chi connectivity index (χ2v) is 5.88. The van der Waals surface area contributed by atoms with Crippen LogP contribution in [0.4, 0.5) is 0 Å². The Morgan fingerprint density at radius 3 is 2.67 bits per heavy atom. The lowest BCUT2D eigenvalue weighted by Gasteiger charge is -2.28. The third-order valence-corrected chi connectivity index (χ3v) is 4.45. The van der Waals surface area contributed by atoms with Gasteiger partial charge in [0, 0.05) is 18.6 Å². The van der Waals surface area contributed by atoms with Gasteiger partial charge in [-0.1, -0.05) is 26.0 Å². The Balaban J connectivity index is 2.04. The molecular weight excluding hydrogens is 262 g/mol. The van der Waals surface area contributed by atoms with Gasteiger partial charge >= 0.3 is 0 Å². The number of nitrogens with one attached hydrogen (secondary N) is 1. The topological polar surface area (TPSA) is 30.5 Å². The van der Waals surface area contributed by atoms with Crippen LogP contribution in [0.2, 0.25) is 0 Å². The van der Waals surface area contributed by atoms with E-state index in [0.717, 1.165) is 31.7 Å². The van der Waals surface area contributed by atoms with Crippen LogP contribution in [0.1, 0.15) is 38.7 Å². The largest absolute Gasteiger partial charge is 0.497 e. The highest BCUT2D eigenvalue weighted by Crippen LogP contribution is 2.28. The van der Waals surface area contributed by atoms with E-state index in [1.807, 2.05) is 0 Å². The predicted molar refractivity (Wildman–Crippen MR) is 86.9 cm³/mol. The zero-order valence-corrected chi connectivity index (χ0v) is 13.6. The summed E-state index contributed by atoms with van der Waals surface area (Å²) in [7, 11) is 1.71. The van der Waals surface area contributed by atoms with E-state index in [-0.39, 0.29) is 0 Å². The number of hydrogen-bond acceptors (Lipinski definition) is 3. The van der Waals surface area contributed by atoms with Crippen LogP contribution in [0.15, 0.2) is 24.3 Å². The first-order valence-electron chi connectivity index (χ1n) is 8.26. The molecule has 3 unspecified atom stereocenters. The van der Waals surface area contributed by atoms with Gasteiger partial charge in [0.05, 0.1) is 13.2 Å². The molecule has 1 fully saturated rings. The van der Waals surface area contributed by atoms with Crippen molar-refractivity contribution in [1.29, 1.82) is 0 Å². The van der Waals surface area contributed by atoms with Gasteiger partial charge in [0.15, 0.2) is 0 Å². The van der Waals surface area contributed by atoms with Crippen molar-refractivity contribution >= 4 is 0 Å². The standard InChI is InChI=1S/C18H29NO2/c1-4-11-19-17(16-10-12-21-18(16)5-2)13-14-6-8-15(20-3)9-7-14/h6-9,16-19H,4-5,10-13H2,1-3H3. The molecule has 0 aliphatic carbocycles. The molecule has 21 heavy (non-hydrogen) atoms. The lowest BCUT2D eigenvalue weighted by molar-refractivity contribution is 0.0774. The minimum Gasteiger partial charge on any atom is -0.497 e. The first kappa shape index (κ1) is 16.3. The summed E-state index contributed by atoms with van der Waals surface area (Å²) in [5.41, 5.74) is 1.37. The van der Waals surface area contributed by atoms with E-state index < -0.39 is 0 Å². The SMILES string of the molecule is CCCNC(Cc1ccc(OC)cc1)C1CCOC1CC. The van der Waals surface area contributed by atoms with Crippen LogP contribution >= 0.6 is 0 Å². The van der Waals surface area contributed by atoms with Crippen molar-refractivity contribution in [3.8, 4) is 5.75 Å². The number of ether oxygens (including phenoxy) is 2. The summed E-state index contributed by atoms with van der Waals surface area (Å²) in [4.78, 5) is 0. The van der Waals surface area contributed by atoms with E-state index in [1.54, 1.807) is 7.11 Å². The van der Waals surface area contributed by atoms with Crippen molar-refractivity contribution in [2.75, 3.05) is 20.3 Å². The fourth-order valence-corrected chi connectivity index (χ4v) is 3.27. The Hall–Kier alpha value is -1.06. The molecule has 1 aromatic carbocycles. The van der Waals surface area contributed by atoms with Crippen LogP contribution in [-0.4, -0.2) is 32.4 Å². The van der Waals surface area contributed by atoms with Gasteiger partial charge in [0.25, 0.3) is 0 Å². The van der Waals surface area contributed by atoms with E-state index in [1.165, 1.54) is 18.4 Å². The molecule has 0 spiro atoms. The van der Waals surface area contributed by atoms with Crippen LogP contribution in [-0.2, 0) is 11.2 Å². The molecule has 2 rings (SSSR count). The maximum atomic E-state index is 5.89. The zero-order chi connectivity index (χ0) is 15.1. The summed E-state index contributed by atoms with van der Waals surface area (Å²) in [5, 5.41) is 3.74. The number of methoxy groups -OCH3 is 1. The summed E-state index contributed by atoms with van der Waals surface area (Å²) in [6.45, 7) is 6.44. The van der Waals surface area contributed by atoms with E-state index in [0.29, 0.717) is 18.1 Å². The highest BCUT2D eigenvalue weighted by molar-refractivity contribution is 5.27. The smallest absolute Gasteiger partial charge is 0.118 e. The van der Waals surface area contributed by atoms with Crippen LogP contribution in [0.25, 0.3) is 0 Å². The van der Waals surface area contributed by atoms with Crippen molar-refractivity contribution in [2.45, 2.75) is 51.7 Å². The molecule has 1 aliphatic heterocycles. The van der Waals surface area contributed by atoms with Crippen LogP contribution in [0, 0.1) is 5.92 Å². The van der Waals surface area contributed by atoms with Gasteiger partial charge in [-0.2, -0.15) is 0 Å². The van der Waals surface area contributed by atoms with E-state index >= 15 is 0 Å². The minimum absolute atomic E-state index is 0.414. The molecule has 1 saturated heterocycles. The average Bonchev–Trinajstić information content (AvgIpc) is 3.00. The molecular formula is C18H29NO2. The number of hydrogen-bond donors (Lipinski definition) is 1. The molecule has 3 atom stereocenters. The molecule has 1 N–H and O–H groups in total. The predicted octanol–water partition coefficient (Wildman–Crippen LogP) is 3.42. The Morgan fingerprint density at radius 2 is 2.05 bits per heavy atom. The lowest BCUT2D eigenvalue weighted by Crippen LogP contribution is -2.41. The molecule has 0 bridgehead atoms. The number of rotatable bonds is 8. The molecule has 0 radical (unpaired) electrons. The Bertz CT molecular complexity index is 404. The normalized spacial score (nSPS) is 23.2. The molecule has 1 aliphatic rings. The fraction of sp³-hybridized carbons (Fsp3) is 0.667. The zero-order valence-electron chi connectivity index (χ0n) is 13.6. The maximum Gasteiger partial charge on any atom is 0.118 e. The molecule has 0 amide bonds. The number of benzene rings is 1. The molecule has 3 nitrogen and oxygen atoms in total. The molecule has 1 heterocycles.